The number of nitrogens with zero attached hydrogens (tertiary/aromatic N) is 1. The summed E-state index contributed by atoms with van der Waals surface area (Å²) >= 11 is 1.68. The van der Waals surface area contributed by atoms with Gasteiger partial charge >= 0.3 is 0 Å². The number of thiazole rings is 1. The third-order valence-electron chi connectivity index (χ3n) is 4.45. The van der Waals surface area contributed by atoms with E-state index in [1.165, 1.54) is 29.0 Å². The maximum Gasteiger partial charge on any atom is 0.255 e. The highest BCUT2D eigenvalue weighted by Crippen LogP contribution is 2.24. The maximum absolute atomic E-state index is 12.4. The van der Waals surface area contributed by atoms with Crippen LogP contribution in [0.4, 0.5) is 5.69 Å². The fourth-order valence-corrected chi connectivity index (χ4v) is 4.56. The normalized spacial score (nSPS) is 11.5. The van der Waals surface area contributed by atoms with Gasteiger partial charge in [-0.1, -0.05) is 24.3 Å². The molecule has 0 saturated heterocycles. The molecule has 0 spiro atoms. The molecule has 0 bridgehead atoms. The molecule has 146 valence electrons. The Bertz CT molecular complexity index is 1240. The molecule has 3 aromatic carbocycles. The van der Waals surface area contributed by atoms with Crippen molar-refractivity contribution in [2.45, 2.75) is 11.3 Å². The molecule has 0 saturated carbocycles. The number of amides is 1. The van der Waals surface area contributed by atoms with Crippen LogP contribution in [0.5, 0.6) is 0 Å². The zero-order valence-electron chi connectivity index (χ0n) is 15.6. The molecule has 0 unspecified atom stereocenters. The number of anilines is 1. The lowest BCUT2D eigenvalue weighted by Crippen LogP contribution is -2.12. The lowest BCUT2D eigenvalue weighted by Gasteiger charge is -2.07. The molecule has 4 rings (SSSR count). The van der Waals surface area contributed by atoms with E-state index in [-0.39, 0.29) is 10.8 Å². The fourth-order valence-electron chi connectivity index (χ4n) is 2.93. The van der Waals surface area contributed by atoms with E-state index in [9.17, 15) is 13.2 Å². The minimum Gasteiger partial charge on any atom is -0.322 e. The van der Waals surface area contributed by atoms with Crippen LogP contribution in [0.2, 0.25) is 0 Å². The van der Waals surface area contributed by atoms with Gasteiger partial charge in [0.1, 0.15) is 0 Å². The van der Waals surface area contributed by atoms with Crippen molar-refractivity contribution in [1.29, 1.82) is 0 Å². The number of aromatic nitrogens is 1. The molecule has 1 aromatic heterocycles. The van der Waals surface area contributed by atoms with Gasteiger partial charge in [0.15, 0.2) is 9.84 Å². The summed E-state index contributed by atoms with van der Waals surface area (Å²) in [5.41, 5.74) is 3.20. The van der Waals surface area contributed by atoms with Crippen molar-refractivity contribution in [3.63, 3.8) is 0 Å². The molecule has 1 N–H and O–H groups in total. The van der Waals surface area contributed by atoms with E-state index in [0.29, 0.717) is 11.3 Å². The van der Waals surface area contributed by atoms with Gasteiger partial charge in [-0.25, -0.2) is 13.4 Å². The van der Waals surface area contributed by atoms with Crippen LogP contribution in [-0.2, 0) is 16.3 Å². The first kappa shape index (κ1) is 19.3. The lowest BCUT2D eigenvalue weighted by molar-refractivity contribution is 0.102. The zero-order valence-corrected chi connectivity index (χ0v) is 17.3. The van der Waals surface area contributed by atoms with Gasteiger partial charge in [-0.2, -0.15) is 0 Å². The number of hydrogen-bond donors (Lipinski definition) is 1. The van der Waals surface area contributed by atoms with Crippen LogP contribution in [0, 0.1) is 0 Å². The summed E-state index contributed by atoms with van der Waals surface area (Å²) in [6.07, 6.45) is 1.87. The molecule has 1 amide bonds. The van der Waals surface area contributed by atoms with Gasteiger partial charge in [0.25, 0.3) is 5.91 Å². The molecule has 0 aliphatic heterocycles. The Morgan fingerprint density at radius 2 is 1.66 bits per heavy atom. The third kappa shape index (κ3) is 4.52. The highest BCUT2D eigenvalue weighted by Gasteiger charge is 2.10. The van der Waals surface area contributed by atoms with E-state index in [0.717, 1.165) is 28.8 Å². The minimum absolute atomic E-state index is 0.188. The molecule has 0 aliphatic rings. The molecule has 0 fully saturated rings. The van der Waals surface area contributed by atoms with E-state index in [1.54, 1.807) is 11.3 Å². The van der Waals surface area contributed by atoms with Crippen molar-refractivity contribution in [3.8, 4) is 0 Å². The third-order valence-corrected chi connectivity index (χ3v) is 6.61. The first-order chi connectivity index (χ1) is 13.9. The number of hydrogen-bond acceptors (Lipinski definition) is 5. The van der Waals surface area contributed by atoms with Crippen molar-refractivity contribution in [1.82, 2.24) is 4.98 Å². The molecule has 0 aliphatic carbocycles. The van der Waals surface area contributed by atoms with Gasteiger partial charge in [-0.05, 0) is 54.1 Å². The first-order valence-electron chi connectivity index (χ1n) is 8.93. The second kappa shape index (κ2) is 7.77. The quantitative estimate of drug-likeness (QED) is 0.512. The Morgan fingerprint density at radius 3 is 2.31 bits per heavy atom. The van der Waals surface area contributed by atoms with Crippen LogP contribution >= 0.6 is 11.3 Å². The monoisotopic (exact) mass is 422 g/mol. The molecule has 7 heteroatoms. The summed E-state index contributed by atoms with van der Waals surface area (Å²) < 4.78 is 24.2. The molecule has 4 aromatic rings. The number of benzene rings is 3. The lowest BCUT2D eigenvalue weighted by atomic mass is 10.1. The number of carbonyl (C=O) groups is 1. The Kier molecular flexibility index (Phi) is 5.17. The summed E-state index contributed by atoms with van der Waals surface area (Å²) in [7, 11) is -3.28. The summed E-state index contributed by atoms with van der Waals surface area (Å²) in [6, 6.07) is 21.6. The van der Waals surface area contributed by atoms with E-state index in [4.69, 9.17) is 0 Å². The highest BCUT2D eigenvalue weighted by molar-refractivity contribution is 7.90. The largest absolute Gasteiger partial charge is 0.322 e. The second-order valence-corrected chi connectivity index (χ2v) is 9.83. The molecule has 0 radical (unpaired) electrons. The summed E-state index contributed by atoms with van der Waals surface area (Å²) in [5.74, 6) is -0.288. The smallest absolute Gasteiger partial charge is 0.255 e. The van der Waals surface area contributed by atoms with Crippen LogP contribution in [0.15, 0.2) is 77.7 Å². The average molecular weight is 423 g/mol. The number of para-hydroxylation sites is 1. The van der Waals surface area contributed by atoms with Gasteiger partial charge < -0.3 is 5.32 Å². The van der Waals surface area contributed by atoms with Crippen molar-refractivity contribution in [3.05, 3.63) is 88.9 Å². The number of rotatable bonds is 5. The van der Waals surface area contributed by atoms with E-state index in [2.05, 4.69) is 16.4 Å². The van der Waals surface area contributed by atoms with Gasteiger partial charge in [0.05, 0.1) is 20.1 Å². The Balaban J connectivity index is 1.43. The topological polar surface area (TPSA) is 76.1 Å². The number of carbonyl (C=O) groups excluding carboxylic acids is 1. The first-order valence-corrected chi connectivity index (χ1v) is 11.6. The van der Waals surface area contributed by atoms with Crippen molar-refractivity contribution in [2.75, 3.05) is 11.6 Å². The predicted octanol–water partition coefficient (Wildman–Crippen LogP) is 4.54. The number of nitrogens with one attached hydrogen (secondary N) is 1. The van der Waals surface area contributed by atoms with Crippen LogP contribution < -0.4 is 5.32 Å². The zero-order chi connectivity index (χ0) is 20.4. The van der Waals surface area contributed by atoms with Crippen molar-refractivity contribution < 1.29 is 13.2 Å². The predicted molar refractivity (Wildman–Crippen MR) is 116 cm³/mol. The fraction of sp³-hybridized carbons (Fsp3) is 0.0909. The maximum atomic E-state index is 12.4. The number of sulfone groups is 1. The Morgan fingerprint density at radius 1 is 0.966 bits per heavy atom. The molecular weight excluding hydrogens is 404 g/mol. The van der Waals surface area contributed by atoms with Crippen LogP contribution in [0.1, 0.15) is 20.9 Å². The van der Waals surface area contributed by atoms with Gasteiger partial charge in [-0.15, -0.1) is 11.3 Å². The van der Waals surface area contributed by atoms with Crippen molar-refractivity contribution >= 4 is 43.0 Å². The van der Waals surface area contributed by atoms with E-state index < -0.39 is 9.84 Å². The molecular formula is C22H18N2O3S2. The van der Waals surface area contributed by atoms with Gasteiger partial charge in [0.2, 0.25) is 0 Å². The summed E-state index contributed by atoms with van der Waals surface area (Å²) in [5, 5.41) is 3.88. The Hall–Kier alpha value is -3.03. The molecule has 5 nitrogen and oxygen atoms in total. The highest BCUT2D eigenvalue weighted by atomic mass is 32.2. The molecule has 0 atom stereocenters. The number of fused-ring (bicyclic) bond motifs is 1. The second-order valence-electron chi connectivity index (χ2n) is 6.70. The molecule has 1 heterocycles. The molecule has 29 heavy (non-hydrogen) atoms. The Labute approximate surface area is 173 Å². The summed E-state index contributed by atoms with van der Waals surface area (Å²) in [4.78, 5) is 17.2. The van der Waals surface area contributed by atoms with E-state index in [1.807, 2.05) is 42.5 Å². The summed E-state index contributed by atoms with van der Waals surface area (Å²) in [6.45, 7) is 0. The van der Waals surface area contributed by atoms with Crippen LogP contribution in [0.25, 0.3) is 10.2 Å². The van der Waals surface area contributed by atoms with Crippen LogP contribution in [-0.4, -0.2) is 25.6 Å². The standard InChI is InChI=1S/C22H18N2O3S2/c1-29(26,27)18-12-8-16(9-13-18)22(25)23-17-10-6-15(7-11-17)14-21-24-19-4-2-3-5-20(19)28-21/h2-13H,14H2,1H3,(H,23,25). The van der Waals surface area contributed by atoms with Gasteiger partial charge in [0, 0.05) is 23.9 Å². The minimum atomic E-state index is -3.28. The van der Waals surface area contributed by atoms with Crippen molar-refractivity contribution in [2.24, 2.45) is 0 Å². The average Bonchev–Trinajstić information content (AvgIpc) is 3.11. The SMILES string of the molecule is CS(=O)(=O)c1ccc(C(=O)Nc2ccc(Cc3nc4ccccc4s3)cc2)cc1. The van der Waals surface area contributed by atoms with E-state index >= 15 is 0 Å². The van der Waals surface area contributed by atoms with Crippen LogP contribution in [0.3, 0.4) is 0 Å². The van der Waals surface area contributed by atoms with Gasteiger partial charge in [-0.3, -0.25) is 4.79 Å².